The van der Waals surface area contributed by atoms with Crippen LogP contribution in [0.4, 0.5) is 5.69 Å². The minimum absolute atomic E-state index is 0.164. The van der Waals surface area contributed by atoms with Gasteiger partial charge in [0, 0.05) is 32.4 Å². The van der Waals surface area contributed by atoms with E-state index in [1.165, 1.54) is 10.7 Å². The monoisotopic (exact) mass is 248 g/mol. The fourth-order valence-electron chi connectivity index (χ4n) is 1.57. The van der Waals surface area contributed by atoms with E-state index in [1.54, 1.807) is 10.9 Å². The Morgan fingerprint density at radius 3 is 2.94 bits per heavy atom. The molecule has 96 valence electrons. The molecule has 3 N–H and O–H groups in total. The molecule has 0 unspecified atom stereocenters. The zero-order valence-corrected chi connectivity index (χ0v) is 10.2. The zero-order chi connectivity index (χ0) is 13.0. The van der Waals surface area contributed by atoms with Gasteiger partial charge in [-0.15, -0.1) is 0 Å². The summed E-state index contributed by atoms with van der Waals surface area (Å²) in [5, 5.41) is 11.3. The molecule has 18 heavy (non-hydrogen) atoms. The van der Waals surface area contributed by atoms with Gasteiger partial charge in [-0.3, -0.25) is 9.48 Å². The van der Waals surface area contributed by atoms with Crippen molar-refractivity contribution in [1.82, 2.24) is 19.6 Å². The molecule has 0 aromatic carbocycles. The first kappa shape index (κ1) is 12.3. The second-order valence-corrected chi connectivity index (χ2v) is 3.94. The Labute approximate surface area is 104 Å². The highest BCUT2D eigenvalue weighted by Crippen LogP contribution is 2.00. The molecule has 0 aliphatic rings. The average molecular weight is 248 g/mol. The van der Waals surface area contributed by atoms with Crippen LogP contribution < -0.4 is 16.6 Å². The number of hydrogen-bond acceptors (Lipinski definition) is 5. The molecule has 0 spiro atoms. The molecule has 0 saturated carbocycles. The Balaban J connectivity index is 2.12. The van der Waals surface area contributed by atoms with Gasteiger partial charge in [0.25, 0.3) is 5.56 Å². The Morgan fingerprint density at radius 2 is 2.33 bits per heavy atom. The topological polar surface area (TPSA) is 90.8 Å². The first-order chi connectivity index (χ1) is 8.69. The minimum atomic E-state index is -0.164. The van der Waals surface area contributed by atoms with Crippen LogP contribution in [-0.2, 0) is 13.6 Å². The second kappa shape index (κ2) is 5.46. The van der Waals surface area contributed by atoms with E-state index in [4.69, 9.17) is 5.73 Å². The fourth-order valence-corrected chi connectivity index (χ4v) is 1.57. The van der Waals surface area contributed by atoms with E-state index in [1.807, 2.05) is 19.3 Å². The largest absolute Gasteiger partial charge is 0.382 e. The molecule has 0 aliphatic heterocycles. The van der Waals surface area contributed by atoms with E-state index in [0.29, 0.717) is 25.3 Å². The summed E-state index contributed by atoms with van der Waals surface area (Å²) in [6, 6.07) is 3.36. The number of anilines is 1. The summed E-state index contributed by atoms with van der Waals surface area (Å²) in [5.74, 6) is 0. The van der Waals surface area contributed by atoms with E-state index >= 15 is 0 Å². The number of aryl methyl sites for hydroxylation is 1. The summed E-state index contributed by atoms with van der Waals surface area (Å²) in [7, 11) is 1.83. The molecule has 2 aromatic heterocycles. The lowest BCUT2D eigenvalue weighted by Gasteiger charge is -2.06. The SMILES string of the molecule is Cn1ccc(Cn2ncc(NCCN)cc2=O)n1. The van der Waals surface area contributed by atoms with Gasteiger partial charge in [0.15, 0.2) is 0 Å². The smallest absolute Gasteiger partial charge is 0.269 e. The molecule has 0 radical (unpaired) electrons. The van der Waals surface area contributed by atoms with Gasteiger partial charge in [-0.25, -0.2) is 4.68 Å². The van der Waals surface area contributed by atoms with Crippen LogP contribution in [0.3, 0.4) is 0 Å². The maximum Gasteiger partial charge on any atom is 0.269 e. The summed E-state index contributed by atoms with van der Waals surface area (Å²) >= 11 is 0. The quantitative estimate of drug-likeness (QED) is 0.737. The predicted molar refractivity (Wildman–Crippen MR) is 68.4 cm³/mol. The van der Waals surface area contributed by atoms with Gasteiger partial charge < -0.3 is 11.1 Å². The van der Waals surface area contributed by atoms with Crippen LogP contribution in [-0.4, -0.2) is 32.7 Å². The van der Waals surface area contributed by atoms with Crippen molar-refractivity contribution in [2.45, 2.75) is 6.54 Å². The van der Waals surface area contributed by atoms with E-state index in [2.05, 4.69) is 15.5 Å². The van der Waals surface area contributed by atoms with Crippen molar-refractivity contribution in [3.8, 4) is 0 Å². The van der Waals surface area contributed by atoms with Gasteiger partial charge in [-0.05, 0) is 6.07 Å². The summed E-state index contributed by atoms with van der Waals surface area (Å²) in [6.45, 7) is 1.50. The maximum atomic E-state index is 11.8. The van der Waals surface area contributed by atoms with Gasteiger partial charge in [-0.1, -0.05) is 0 Å². The van der Waals surface area contributed by atoms with Crippen molar-refractivity contribution < 1.29 is 0 Å². The van der Waals surface area contributed by atoms with Gasteiger partial charge >= 0.3 is 0 Å². The fraction of sp³-hybridized carbons (Fsp3) is 0.364. The van der Waals surface area contributed by atoms with Crippen LogP contribution in [0.5, 0.6) is 0 Å². The summed E-state index contributed by atoms with van der Waals surface area (Å²) < 4.78 is 3.06. The molecule has 7 nitrogen and oxygen atoms in total. The number of aromatic nitrogens is 4. The maximum absolute atomic E-state index is 11.8. The van der Waals surface area contributed by atoms with Crippen molar-refractivity contribution >= 4 is 5.69 Å². The highest BCUT2D eigenvalue weighted by molar-refractivity contribution is 5.38. The van der Waals surface area contributed by atoms with Crippen molar-refractivity contribution in [3.05, 3.63) is 40.6 Å². The van der Waals surface area contributed by atoms with E-state index in [0.717, 1.165) is 5.69 Å². The third-order valence-corrected chi connectivity index (χ3v) is 2.42. The van der Waals surface area contributed by atoms with Crippen molar-refractivity contribution in [3.63, 3.8) is 0 Å². The Kier molecular flexibility index (Phi) is 3.73. The van der Waals surface area contributed by atoms with Crippen LogP contribution in [0.25, 0.3) is 0 Å². The number of nitrogens with one attached hydrogen (secondary N) is 1. The lowest BCUT2D eigenvalue weighted by atomic mass is 10.4. The van der Waals surface area contributed by atoms with E-state index in [-0.39, 0.29) is 5.56 Å². The molecular weight excluding hydrogens is 232 g/mol. The van der Waals surface area contributed by atoms with E-state index < -0.39 is 0 Å². The normalized spacial score (nSPS) is 10.6. The Morgan fingerprint density at radius 1 is 1.50 bits per heavy atom. The first-order valence-corrected chi connectivity index (χ1v) is 5.68. The van der Waals surface area contributed by atoms with Crippen LogP contribution >= 0.6 is 0 Å². The summed E-state index contributed by atoms with van der Waals surface area (Å²) in [6.07, 6.45) is 3.44. The molecule has 0 aliphatic carbocycles. The molecule has 7 heteroatoms. The lowest BCUT2D eigenvalue weighted by molar-refractivity contribution is 0.615. The van der Waals surface area contributed by atoms with Gasteiger partial charge in [0.1, 0.15) is 0 Å². The van der Waals surface area contributed by atoms with Crippen molar-refractivity contribution in [2.75, 3.05) is 18.4 Å². The molecular formula is C11H16N6O. The standard InChI is InChI=1S/C11H16N6O/c1-16-5-2-9(15-16)8-17-11(18)6-10(7-14-17)13-4-3-12/h2,5-7,13H,3-4,8,12H2,1H3. The van der Waals surface area contributed by atoms with Crippen LogP contribution in [0.1, 0.15) is 5.69 Å². The molecule has 0 fully saturated rings. The Bertz CT molecular complexity index is 573. The van der Waals surface area contributed by atoms with E-state index in [9.17, 15) is 4.79 Å². The lowest BCUT2D eigenvalue weighted by Crippen LogP contribution is -2.24. The highest BCUT2D eigenvalue weighted by atomic mass is 16.1. The first-order valence-electron chi connectivity index (χ1n) is 5.68. The van der Waals surface area contributed by atoms with Crippen LogP contribution in [0.15, 0.2) is 29.3 Å². The predicted octanol–water partition coefficient (Wildman–Crippen LogP) is -0.604. The number of rotatable bonds is 5. The zero-order valence-electron chi connectivity index (χ0n) is 10.2. The molecule has 2 rings (SSSR count). The van der Waals surface area contributed by atoms with Crippen molar-refractivity contribution in [2.24, 2.45) is 12.8 Å². The average Bonchev–Trinajstić information content (AvgIpc) is 2.75. The number of nitrogens with zero attached hydrogens (tertiary/aromatic N) is 4. The molecule has 0 saturated heterocycles. The molecule has 0 bridgehead atoms. The summed E-state index contributed by atoms with van der Waals surface area (Å²) in [4.78, 5) is 11.8. The van der Waals surface area contributed by atoms with Gasteiger partial charge in [-0.2, -0.15) is 10.2 Å². The third-order valence-electron chi connectivity index (χ3n) is 2.42. The minimum Gasteiger partial charge on any atom is -0.382 e. The number of nitrogens with two attached hydrogens (primary N) is 1. The van der Waals surface area contributed by atoms with Gasteiger partial charge in [0.2, 0.25) is 0 Å². The molecule has 2 aromatic rings. The molecule has 2 heterocycles. The number of hydrogen-bond donors (Lipinski definition) is 2. The highest BCUT2D eigenvalue weighted by Gasteiger charge is 2.03. The molecule has 0 amide bonds. The van der Waals surface area contributed by atoms with Gasteiger partial charge in [0.05, 0.1) is 24.1 Å². The molecule has 0 atom stereocenters. The second-order valence-electron chi connectivity index (χ2n) is 3.94. The van der Waals surface area contributed by atoms with Crippen LogP contribution in [0, 0.1) is 0 Å². The third kappa shape index (κ3) is 2.95. The summed E-state index contributed by atoms with van der Waals surface area (Å²) in [5.41, 5.74) is 6.69. The Hall–Kier alpha value is -2.15. The van der Waals surface area contributed by atoms with Crippen molar-refractivity contribution in [1.29, 1.82) is 0 Å². The van der Waals surface area contributed by atoms with Crippen LogP contribution in [0.2, 0.25) is 0 Å².